The molecular weight excluding hydrogens is 230 g/mol. The highest BCUT2D eigenvalue weighted by molar-refractivity contribution is 7.09. The molecule has 0 aromatic carbocycles. The summed E-state index contributed by atoms with van der Waals surface area (Å²) in [5.41, 5.74) is 6.87. The quantitative estimate of drug-likeness (QED) is 0.903. The van der Waals surface area contributed by atoms with Crippen LogP contribution in [0.25, 0.3) is 0 Å². The molecule has 3 nitrogen and oxygen atoms in total. The first-order valence-corrected chi connectivity index (χ1v) is 6.50. The standard InChI is InChI=1S/C13H17N3S/c1-10(14)11-5-6-13(15-8-11)16(2)9-12-4-3-7-17-12/h3-8,10H,9,14H2,1-2H3/t10-/m1/s1. The number of anilines is 1. The van der Waals surface area contributed by atoms with Crippen molar-refractivity contribution in [2.45, 2.75) is 19.5 Å². The average Bonchev–Trinajstić information content (AvgIpc) is 2.82. The molecule has 2 aromatic rings. The van der Waals surface area contributed by atoms with Gasteiger partial charge in [-0.25, -0.2) is 4.98 Å². The van der Waals surface area contributed by atoms with Gasteiger partial charge in [-0.3, -0.25) is 0 Å². The van der Waals surface area contributed by atoms with E-state index in [9.17, 15) is 0 Å². The molecule has 2 heterocycles. The zero-order valence-electron chi connectivity index (χ0n) is 10.1. The second-order valence-electron chi connectivity index (χ2n) is 4.17. The molecule has 0 aliphatic rings. The normalized spacial score (nSPS) is 12.4. The molecule has 0 radical (unpaired) electrons. The molecule has 0 saturated heterocycles. The summed E-state index contributed by atoms with van der Waals surface area (Å²) >= 11 is 1.76. The van der Waals surface area contributed by atoms with Crippen LogP contribution in [0.4, 0.5) is 5.82 Å². The third-order valence-electron chi connectivity index (χ3n) is 2.66. The summed E-state index contributed by atoms with van der Waals surface area (Å²) in [5.74, 6) is 0.975. The van der Waals surface area contributed by atoms with Crippen LogP contribution in [-0.2, 0) is 6.54 Å². The molecule has 4 heteroatoms. The summed E-state index contributed by atoms with van der Waals surface area (Å²) in [6.45, 7) is 2.86. The highest BCUT2D eigenvalue weighted by Gasteiger charge is 2.05. The fraction of sp³-hybridized carbons (Fsp3) is 0.308. The van der Waals surface area contributed by atoms with Gasteiger partial charge in [-0.2, -0.15) is 0 Å². The molecule has 0 aliphatic heterocycles. The molecule has 0 spiro atoms. The molecule has 2 N–H and O–H groups in total. The van der Waals surface area contributed by atoms with Gasteiger partial charge in [0.05, 0.1) is 6.54 Å². The zero-order chi connectivity index (χ0) is 12.3. The Bertz CT molecular complexity index is 448. The number of pyridine rings is 1. The van der Waals surface area contributed by atoms with Gasteiger partial charge in [0, 0.05) is 24.2 Å². The van der Waals surface area contributed by atoms with E-state index in [-0.39, 0.29) is 6.04 Å². The van der Waals surface area contributed by atoms with Gasteiger partial charge >= 0.3 is 0 Å². The first-order valence-electron chi connectivity index (χ1n) is 5.62. The van der Waals surface area contributed by atoms with Crippen LogP contribution in [0, 0.1) is 0 Å². The third-order valence-corrected chi connectivity index (χ3v) is 3.52. The van der Waals surface area contributed by atoms with Gasteiger partial charge in [0.1, 0.15) is 5.82 Å². The molecular formula is C13H17N3S. The molecule has 90 valence electrons. The summed E-state index contributed by atoms with van der Waals surface area (Å²) < 4.78 is 0. The minimum absolute atomic E-state index is 0.0409. The zero-order valence-corrected chi connectivity index (χ0v) is 10.9. The van der Waals surface area contributed by atoms with Gasteiger partial charge < -0.3 is 10.6 Å². The summed E-state index contributed by atoms with van der Waals surface area (Å²) in [7, 11) is 2.05. The van der Waals surface area contributed by atoms with Crippen molar-refractivity contribution in [1.82, 2.24) is 4.98 Å². The maximum Gasteiger partial charge on any atom is 0.128 e. The predicted molar refractivity (Wildman–Crippen MR) is 73.3 cm³/mol. The Kier molecular flexibility index (Phi) is 3.76. The van der Waals surface area contributed by atoms with E-state index in [0.29, 0.717) is 0 Å². The van der Waals surface area contributed by atoms with E-state index >= 15 is 0 Å². The number of rotatable bonds is 4. The Morgan fingerprint density at radius 1 is 1.41 bits per heavy atom. The number of aromatic nitrogens is 1. The molecule has 1 atom stereocenters. The van der Waals surface area contributed by atoms with Crippen molar-refractivity contribution in [2.24, 2.45) is 5.73 Å². The Labute approximate surface area is 106 Å². The number of hydrogen-bond acceptors (Lipinski definition) is 4. The van der Waals surface area contributed by atoms with Crippen LogP contribution in [0.2, 0.25) is 0 Å². The largest absolute Gasteiger partial charge is 0.355 e. The number of hydrogen-bond donors (Lipinski definition) is 1. The molecule has 0 bridgehead atoms. The number of nitrogens with zero attached hydrogens (tertiary/aromatic N) is 2. The van der Waals surface area contributed by atoms with E-state index in [1.807, 2.05) is 32.3 Å². The van der Waals surface area contributed by atoms with Crippen molar-refractivity contribution in [1.29, 1.82) is 0 Å². The van der Waals surface area contributed by atoms with E-state index in [1.54, 1.807) is 11.3 Å². The van der Waals surface area contributed by atoms with Gasteiger partial charge in [-0.05, 0) is 30.0 Å². The van der Waals surface area contributed by atoms with Crippen molar-refractivity contribution in [3.8, 4) is 0 Å². The highest BCUT2D eigenvalue weighted by atomic mass is 32.1. The van der Waals surface area contributed by atoms with Crippen molar-refractivity contribution in [3.63, 3.8) is 0 Å². The lowest BCUT2D eigenvalue weighted by Crippen LogP contribution is -2.17. The van der Waals surface area contributed by atoms with Crippen LogP contribution in [0.1, 0.15) is 23.4 Å². The van der Waals surface area contributed by atoms with Crippen LogP contribution in [0.3, 0.4) is 0 Å². The smallest absolute Gasteiger partial charge is 0.128 e. The molecule has 17 heavy (non-hydrogen) atoms. The van der Waals surface area contributed by atoms with Crippen LogP contribution in [0.5, 0.6) is 0 Å². The van der Waals surface area contributed by atoms with Gasteiger partial charge in [0.25, 0.3) is 0 Å². The fourth-order valence-electron chi connectivity index (χ4n) is 1.61. The lowest BCUT2D eigenvalue weighted by molar-refractivity contribution is 0.807. The summed E-state index contributed by atoms with van der Waals surface area (Å²) in [5, 5.41) is 2.09. The lowest BCUT2D eigenvalue weighted by atomic mass is 10.1. The fourth-order valence-corrected chi connectivity index (χ4v) is 2.37. The van der Waals surface area contributed by atoms with Crippen molar-refractivity contribution < 1.29 is 0 Å². The van der Waals surface area contributed by atoms with Gasteiger partial charge in [0.2, 0.25) is 0 Å². The van der Waals surface area contributed by atoms with Crippen LogP contribution in [0.15, 0.2) is 35.8 Å². The topological polar surface area (TPSA) is 42.1 Å². The van der Waals surface area contributed by atoms with E-state index < -0.39 is 0 Å². The highest BCUT2D eigenvalue weighted by Crippen LogP contribution is 2.17. The van der Waals surface area contributed by atoms with Gasteiger partial charge in [0.15, 0.2) is 0 Å². The molecule has 0 fully saturated rings. The van der Waals surface area contributed by atoms with Crippen molar-refractivity contribution in [2.75, 3.05) is 11.9 Å². The summed E-state index contributed by atoms with van der Waals surface area (Å²) in [4.78, 5) is 7.91. The molecule has 2 rings (SSSR count). The Morgan fingerprint density at radius 2 is 2.24 bits per heavy atom. The second-order valence-corrected chi connectivity index (χ2v) is 5.21. The van der Waals surface area contributed by atoms with Crippen molar-refractivity contribution in [3.05, 3.63) is 46.3 Å². The molecule has 0 aliphatic carbocycles. The van der Waals surface area contributed by atoms with E-state index in [2.05, 4.69) is 27.4 Å². The first-order chi connectivity index (χ1) is 8.16. The molecule has 0 amide bonds. The molecule has 0 saturated carbocycles. The van der Waals surface area contributed by atoms with Crippen LogP contribution < -0.4 is 10.6 Å². The maximum absolute atomic E-state index is 5.80. The lowest BCUT2D eigenvalue weighted by Gasteiger charge is -2.17. The van der Waals surface area contributed by atoms with Crippen LogP contribution in [-0.4, -0.2) is 12.0 Å². The first kappa shape index (κ1) is 12.1. The number of nitrogens with two attached hydrogens (primary N) is 1. The average molecular weight is 247 g/mol. The maximum atomic E-state index is 5.80. The second kappa shape index (κ2) is 5.29. The summed E-state index contributed by atoms with van der Waals surface area (Å²) in [6.07, 6.45) is 1.85. The van der Waals surface area contributed by atoms with E-state index in [4.69, 9.17) is 5.73 Å². The van der Waals surface area contributed by atoms with Gasteiger partial charge in [-0.1, -0.05) is 12.1 Å². The Morgan fingerprint density at radius 3 is 2.76 bits per heavy atom. The minimum Gasteiger partial charge on any atom is -0.355 e. The SMILES string of the molecule is C[C@@H](N)c1ccc(N(C)Cc2cccs2)nc1. The predicted octanol–water partition coefficient (Wildman–Crippen LogP) is 2.80. The van der Waals surface area contributed by atoms with E-state index in [1.165, 1.54) is 4.88 Å². The molecule has 0 unspecified atom stereocenters. The Hall–Kier alpha value is -1.39. The van der Waals surface area contributed by atoms with Crippen LogP contribution >= 0.6 is 11.3 Å². The summed E-state index contributed by atoms with van der Waals surface area (Å²) in [6, 6.07) is 8.31. The third kappa shape index (κ3) is 3.05. The number of thiophene rings is 1. The molecule has 2 aromatic heterocycles. The Balaban J connectivity index is 2.06. The minimum atomic E-state index is 0.0409. The van der Waals surface area contributed by atoms with Crippen molar-refractivity contribution >= 4 is 17.2 Å². The monoisotopic (exact) mass is 247 g/mol. The van der Waals surface area contributed by atoms with Gasteiger partial charge in [-0.15, -0.1) is 11.3 Å². The van der Waals surface area contributed by atoms with E-state index in [0.717, 1.165) is 17.9 Å².